The van der Waals surface area contributed by atoms with Crippen molar-refractivity contribution in [2.75, 3.05) is 0 Å². The summed E-state index contributed by atoms with van der Waals surface area (Å²) in [5.74, 6) is 0. The summed E-state index contributed by atoms with van der Waals surface area (Å²) >= 11 is 0. The van der Waals surface area contributed by atoms with Gasteiger partial charge in [0.15, 0.2) is 0 Å². The number of pyridine rings is 2. The van der Waals surface area contributed by atoms with Gasteiger partial charge in [0.25, 0.3) is 0 Å². The third-order valence-electron chi connectivity index (χ3n) is 11.2. The Morgan fingerprint density at radius 3 is 0.967 bits per heavy atom. The second kappa shape index (κ2) is 15.0. The first kappa shape index (κ1) is 35.1. The molecule has 0 amide bonds. The van der Waals surface area contributed by atoms with Crippen LogP contribution in [0.15, 0.2) is 228 Å². The molecule has 0 fully saturated rings. The van der Waals surface area contributed by atoms with E-state index in [1.807, 2.05) is 36.4 Å². The van der Waals surface area contributed by atoms with Crippen LogP contribution in [0, 0.1) is 0 Å². The van der Waals surface area contributed by atoms with Gasteiger partial charge >= 0.3 is 0 Å². The summed E-state index contributed by atoms with van der Waals surface area (Å²) in [6.45, 7) is 0. The van der Waals surface area contributed by atoms with Crippen molar-refractivity contribution >= 4 is 44.6 Å². The van der Waals surface area contributed by atoms with Crippen LogP contribution in [0.3, 0.4) is 0 Å². The molecule has 4 nitrogen and oxygen atoms in total. The summed E-state index contributed by atoms with van der Waals surface area (Å²) in [7, 11) is 0. The second-order valence-electron chi connectivity index (χ2n) is 15.1. The van der Waals surface area contributed by atoms with Crippen LogP contribution >= 0.6 is 0 Å². The molecule has 60 heavy (non-hydrogen) atoms. The predicted molar refractivity (Wildman–Crippen MR) is 249 cm³/mol. The van der Waals surface area contributed by atoms with Gasteiger partial charge in [-0.3, -0.25) is 0 Å². The topological polar surface area (TPSA) is 50.5 Å². The van der Waals surface area contributed by atoms with E-state index in [4.69, 9.17) is 20.0 Å². The van der Waals surface area contributed by atoms with Crippen molar-refractivity contribution in [2.45, 2.75) is 0 Å². The predicted octanol–water partition coefficient (Wildman–Crippen LogP) is 14.1. The molecule has 11 rings (SSSR count). The molecule has 0 radical (unpaired) electrons. The van der Waals surface area contributed by atoms with Gasteiger partial charge in [0.05, 0.1) is 33.8 Å². The summed E-state index contributed by atoms with van der Waals surface area (Å²) in [4.78, 5) is 21.8. The van der Waals surface area contributed by atoms with E-state index >= 15 is 0 Å². The van der Waals surface area contributed by atoms with E-state index in [1.54, 1.807) is 0 Å². The molecule has 0 spiro atoms. The Kier molecular flexibility index (Phi) is 8.79. The molecule has 0 N–H and O–H groups in total. The first-order valence-electron chi connectivity index (χ1n) is 20.2. The number of aromatic nitrogens is 2. The third kappa shape index (κ3) is 6.66. The number of para-hydroxylation sites is 2. The second-order valence-corrected chi connectivity index (χ2v) is 15.1. The SMILES string of the molecule is c1ccc(-c2ccc(-c3cccc(/C4=N/c5cc6ccccc6nc5/C(c5cccc(-c6ccc(-c7ccccc7)cc6)c5)=N\c5cc6ccccc6nc54)c3)cc2)cc1. The lowest BCUT2D eigenvalue weighted by Gasteiger charge is -2.19. The monoisotopic (exact) mass is 764 g/mol. The first-order valence-corrected chi connectivity index (χ1v) is 20.2. The molecule has 1 aliphatic heterocycles. The zero-order valence-electron chi connectivity index (χ0n) is 32.6. The molecule has 2 aromatic heterocycles. The van der Waals surface area contributed by atoms with Gasteiger partial charge in [-0.25, -0.2) is 20.0 Å². The van der Waals surface area contributed by atoms with Crippen molar-refractivity contribution in [3.8, 4) is 44.5 Å². The zero-order valence-corrected chi connectivity index (χ0v) is 32.6. The maximum Gasteiger partial charge on any atom is 0.116 e. The minimum Gasteiger partial charge on any atom is -0.244 e. The number of rotatable bonds is 6. The van der Waals surface area contributed by atoms with Crippen molar-refractivity contribution in [1.82, 2.24) is 9.97 Å². The first-order chi connectivity index (χ1) is 29.7. The van der Waals surface area contributed by atoms with Crippen molar-refractivity contribution in [1.29, 1.82) is 0 Å². The van der Waals surface area contributed by atoms with Crippen LogP contribution < -0.4 is 0 Å². The number of benzene rings is 8. The van der Waals surface area contributed by atoms with E-state index < -0.39 is 0 Å². The van der Waals surface area contributed by atoms with Crippen molar-refractivity contribution < 1.29 is 0 Å². The molecular weight excluding hydrogens is 729 g/mol. The molecule has 0 aliphatic carbocycles. The molecule has 0 atom stereocenters. The van der Waals surface area contributed by atoms with Gasteiger partial charge in [0, 0.05) is 21.9 Å². The molecule has 0 bridgehead atoms. The normalized spacial score (nSPS) is 13.9. The van der Waals surface area contributed by atoms with Crippen LogP contribution in [0.25, 0.3) is 66.3 Å². The molecule has 0 saturated carbocycles. The maximum atomic E-state index is 5.56. The van der Waals surface area contributed by atoms with Crippen molar-refractivity contribution in [3.05, 3.63) is 241 Å². The highest BCUT2D eigenvalue weighted by Gasteiger charge is 2.24. The van der Waals surface area contributed by atoms with Gasteiger partial charge in [-0.05, 0) is 80.9 Å². The minimum atomic E-state index is 0.717. The fraction of sp³-hybridized carbons (Fsp3) is 0. The number of hydrogen-bond acceptors (Lipinski definition) is 4. The zero-order chi connectivity index (χ0) is 39.8. The van der Waals surface area contributed by atoms with Crippen LogP contribution in [0.2, 0.25) is 0 Å². The van der Waals surface area contributed by atoms with Gasteiger partial charge in [0.2, 0.25) is 0 Å². The van der Waals surface area contributed by atoms with Crippen LogP contribution in [-0.4, -0.2) is 21.4 Å². The van der Waals surface area contributed by atoms with Gasteiger partial charge in [-0.2, -0.15) is 0 Å². The number of nitrogens with zero attached hydrogens (tertiary/aromatic N) is 4. The van der Waals surface area contributed by atoms with Gasteiger partial charge in [-0.1, -0.05) is 182 Å². The molecule has 4 heteroatoms. The lowest BCUT2D eigenvalue weighted by molar-refractivity contribution is 1.27. The Hall–Kier alpha value is -8.08. The Balaban J connectivity index is 1.08. The van der Waals surface area contributed by atoms with Crippen LogP contribution in [-0.2, 0) is 0 Å². The standard InChI is InChI=1S/C56H36N4/c1-3-13-37(14-4-1)39-25-29-41(30-26-39)43-19-11-21-47(33-43)53-55-51(35-45-17-7-9-23-49(45)57-55)60-54(56-52(59-53)36-46-18-8-10-24-50(46)58-56)48-22-12-20-44(34-48)42-31-27-40(28-32-42)38-15-5-2-6-16-38/h1-36H/b55-53?,56-54?,59-52?,59-53-,60-51?,60-54-. The number of hydrogen-bond donors (Lipinski definition) is 0. The van der Waals surface area contributed by atoms with Crippen LogP contribution in [0.1, 0.15) is 22.5 Å². The summed E-state index contributed by atoms with van der Waals surface area (Å²) < 4.78 is 0. The largest absolute Gasteiger partial charge is 0.244 e. The molecule has 3 heterocycles. The highest BCUT2D eigenvalue weighted by molar-refractivity contribution is 6.23. The van der Waals surface area contributed by atoms with E-state index in [-0.39, 0.29) is 0 Å². The Labute approximate surface area is 348 Å². The highest BCUT2D eigenvalue weighted by Crippen LogP contribution is 2.37. The van der Waals surface area contributed by atoms with Gasteiger partial charge < -0.3 is 0 Å². The summed E-state index contributed by atoms with van der Waals surface area (Å²) in [5, 5.41) is 2.01. The molecule has 0 saturated heterocycles. The Morgan fingerprint density at radius 2 is 0.550 bits per heavy atom. The van der Waals surface area contributed by atoms with E-state index in [0.29, 0.717) is 11.4 Å². The third-order valence-corrected chi connectivity index (χ3v) is 11.2. The summed E-state index contributed by atoms with van der Waals surface area (Å²) in [6.07, 6.45) is 0. The number of aliphatic imine (C=N–C) groups is 2. The van der Waals surface area contributed by atoms with Gasteiger partial charge in [0.1, 0.15) is 11.4 Å². The van der Waals surface area contributed by atoms with Gasteiger partial charge in [-0.15, -0.1) is 0 Å². The smallest absolute Gasteiger partial charge is 0.116 e. The molecule has 8 aromatic carbocycles. The molecule has 10 aromatic rings. The van der Waals surface area contributed by atoms with E-state index in [9.17, 15) is 0 Å². The van der Waals surface area contributed by atoms with Crippen molar-refractivity contribution in [2.24, 2.45) is 9.98 Å². The summed E-state index contributed by atoms with van der Waals surface area (Å²) in [6, 6.07) is 76.3. The van der Waals surface area contributed by atoms with Crippen LogP contribution in [0.4, 0.5) is 11.4 Å². The average molecular weight is 765 g/mol. The fourth-order valence-electron chi connectivity index (χ4n) is 8.14. The van der Waals surface area contributed by atoms with Crippen molar-refractivity contribution in [3.63, 3.8) is 0 Å². The molecule has 280 valence electrons. The average Bonchev–Trinajstić information content (AvgIpc) is 3.32. The highest BCUT2D eigenvalue weighted by atomic mass is 14.9. The molecule has 1 aliphatic rings. The molecule has 0 unspecified atom stereocenters. The Bertz CT molecular complexity index is 3050. The maximum absolute atomic E-state index is 5.56. The van der Waals surface area contributed by atoms with E-state index in [1.165, 1.54) is 22.3 Å². The lowest BCUT2D eigenvalue weighted by atomic mass is 9.95. The number of fused-ring (bicyclic) bond motifs is 4. The lowest BCUT2D eigenvalue weighted by Crippen LogP contribution is -2.13. The minimum absolute atomic E-state index is 0.717. The molecular formula is C56H36N4. The van der Waals surface area contributed by atoms with E-state index in [0.717, 1.165) is 78.0 Å². The van der Waals surface area contributed by atoms with Crippen LogP contribution in [0.5, 0.6) is 0 Å². The quantitative estimate of drug-likeness (QED) is 0.169. The van der Waals surface area contributed by atoms with E-state index in [2.05, 4.69) is 182 Å². The summed E-state index contributed by atoms with van der Waals surface area (Å²) in [5.41, 5.74) is 17.2. The fourth-order valence-corrected chi connectivity index (χ4v) is 8.14. The Morgan fingerprint density at radius 1 is 0.233 bits per heavy atom.